The number of hydrogen-bond acceptors (Lipinski definition) is 4. The highest BCUT2D eigenvalue weighted by Crippen LogP contribution is 2.37. The van der Waals surface area contributed by atoms with Gasteiger partial charge in [-0.05, 0) is 82.2 Å². The van der Waals surface area contributed by atoms with E-state index >= 15 is 0 Å². The van der Waals surface area contributed by atoms with Crippen molar-refractivity contribution in [1.82, 2.24) is 4.98 Å². The number of carbonyl (C=O) groups excluding carboxylic acids is 1. The summed E-state index contributed by atoms with van der Waals surface area (Å²) in [6.07, 6.45) is 0.573. The summed E-state index contributed by atoms with van der Waals surface area (Å²) in [5.74, 6) is 0.438. The fraction of sp³-hybridized carbons (Fsp3) is 0.294. The molecule has 0 radical (unpaired) electrons. The Balaban J connectivity index is 1.79. The summed E-state index contributed by atoms with van der Waals surface area (Å²) < 4.78 is 7.77. The van der Waals surface area contributed by atoms with Gasteiger partial charge in [-0.2, -0.15) is 0 Å². The number of halogens is 2. The van der Waals surface area contributed by atoms with E-state index in [2.05, 4.69) is 48.8 Å². The van der Waals surface area contributed by atoms with Crippen molar-refractivity contribution >= 4 is 50.3 Å². The number of nitrogens with zero attached hydrogens (tertiary/aromatic N) is 1. The number of cyclic esters (lactones) is 1. The van der Waals surface area contributed by atoms with Crippen molar-refractivity contribution in [2.45, 2.75) is 31.9 Å². The van der Waals surface area contributed by atoms with Crippen LogP contribution in [0.3, 0.4) is 0 Å². The van der Waals surface area contributed by atoms with Gasteiger partial charge in [-0.25, -0.2) is 9.78 Å². The van der Waals surface area contributed by atoms with E-state index in [0.717, 1.165) is 19.3 Å². The first kappa shape index (κ1) is 16.7. The third-order valence-corrected chi connectivity index (χ3v) is 5.56. The standard InChI is InChI=1S/C17H16BrIN2O2/c1-10-13(18)7-8-15(20-10)21-14-9-17(2,23-16(14)22)11-3-5-12(19)6-4-11/h3-8,14H,9H2,1-2H3,(H,20,21). The van der Waals surface area contributed by atoms with Gasteiger partial charge in [0.1, 0.15) is 17.5 Å². The van der Waals surface area contributed by atoms with Crippen LogP contribution in [0.2, 0.25) is 0 Å². The third kappa shape index (κ3) is 3.52. The van der Waals surface area contributed by atoms with Crippen LogP contribution in [0.5, 0.6) is 0 Å². The van der Waals surface area contributed by atoms with Crippen molar-refractivity contribution in [2.24, 2.45) is 0 Å². The van der Waals surface area contributed by atoms with Crippen molar-refractivity contribution in [3.8, 4) is 0 Å². The Morgan fingerprint density at radius 3 is 2.65 bits per heavy atom. The predicted molar refractivity (Wildman–Crippen MR) is 101 cm³/mol. The first-order chi connectivity index (χ1) is 10.9. The average Bonchev–Trinajstić information content (AvgIpc) is 2.79. The van der Waals surface area contributed by atoms with Gasteiger partial charge in [0.05, 0.1) is 5.69 Å². The molecule has 1 fully saturated rings. The van der Waals surface area contributed by atoms with Gasteiger partial charge < -0.3 is 10.1 Å². The summed E-state index contributed by atoms with van der Waals surface area (Å²) in [7, 11) is 0. The van der Waals surface area contributed by atoms with Gasteiger partial charge in [0.15, 0.2) is 0 Å². The summed E-state index contributed by atoms with van der Waals surface area (Å²) in [6.45, 7) is 3.87. The van der Waals surface area contributed by atoms with Gasteiger partial charge in [0.25, 0.3) is 0 Å². The number of anilines is 1. The van der Waals surface area contributed by atoms with Crippen molar-refractivity contribution in [2.75, 3.05) is 5.32 Å². The molecular weight excluding hydrogens is 471 g/mol. The van der Waals surface area contributed by atoms with Crippen LogP contribution in [0, 0.1) is 10.5 Å². The van der Waals surface area contributed by atoms with E-state index in [1.54, 1.807) is 0 Å². The number of aromatic nitrogens is 1. The zero-order chi connectivity index (χ0) is 16.6. The Bertz CT molecular complexity index is 751. The fourth-order valence-electron chi connectivity index (χ4n) is 2.70. The molecular formula is C17H16BrIN2O2. The molecule has 3 rings (SSSR count). The van der Waals surface area contributed by atoms with E-state index in [1.807, 2.05) is 50.2 Å². The second kappa shape index (κ2) is 6.39. The van der Waals surface area contributed by atoms with E-state index in [1.165, 1.54) is 0 Å². The average molecular weight is 487 g/mol. The molecule has 2 atom stereocenters. The lowest BCUT2D eigenvalue weighted by atomic mass is 9.91. The third-order valence-electron chi connectivity index (χ3n) is 4.00. The zero-order valence-electron chi connectivity index (χ0n) is 12.8. The summed E-state index contributed by atoms with van der Waals surface area (Å²) >= 11 is 5.69. The Labute approximate surface area is 157 Å². The molecule has 0 saturated carbocycles. The Hall–Kier alpha value is -1.15. The molecule has 1 saturated heterocycles. The highest BCUT2D eigenvalue weighted by molar-refractivity contribution is 14.1. The van der Waals surface area contributed by atoms with Crippen LogP contribution in [0.15, 0.2) is 40.9 Å². The smallest absolute Gasteiger partial charge is 0.329 e. The maximum absolute atomic E-state index is 12.3. The van der Waals surface area contributed by atoms with Gasteiger partial charge >= 0.3 is 5.97 Å². The largest absolute Gasteiger partial charge is 0.453 e. The number of nitrogens with one attached hydrogen (secondary N) is 1. The molecule has 2 heterocycles. The number of esters is 1. The molecule has 1 N–H and O–H groups in total. The van der Waals surface area contributed by atoms with Crippen LogP contribution >= 0.6 is 38.5 Å². The summed E-state index contributed by atoms with van der Waals surface area (Å²) in [4.78, 5) is 16.7. The van der Waals surface area contributed by atoms with Gasteiger partial charge in [0, 0.05) is 14.5 Å². The van der Waals surface area contributed by atoms with E-state index in [-0.39, 0.29) is 5.97 Å². The van der Waals surface area contributed by atoms with Crippen LogP contribution in [-0.2, 0) is 15.1 Å². The lowest BCUT2D eigenvalue weighted by Crippen LogP contribution is -2.25. The topological polar surface area (TPSA) is 51.2 Å². The van der Waals surface area contributed by atoms with Gasteiger partial charge in [-0.15, -0.1) is 0 Å². The molecule has 23 heavy (non-hydrogen) atoms. The number of hydrogen-bond donors (Lipinski definition) is 1. The number of ether oxygens (including phenoxy) is 1. The molecule has 1 aromatic carbocycles. The second-order valence-electron chi connectivity index (χ2n) is 5.82. The molecule has 2 unspecified atom stereocenters. The quantitative estimate of drug-likeness (QED) is 0.516. The van der Waals surface area contributed by atoms with Crippen LogP contribution in [-0.4, -0.2) is 17.0 Å². The minimum absolute atomic E-state index is 0.242. The lowest BCUT2D eigenvalue weighted by molar-refractivity contribution is -0.148. The normalized spacial score (nSPS) is 23.7. The number of rotatable bonds is 3. The van der Waals surface area contributed by atoms with E-state index in [0.29, 0.717) is 12.2 Å². The molecule has 1 aliphatic heterocycles. The van der Waals surface area contributed by atoms with Crippen LogP contribution in [0.25, 0.3) is 0 Å². The molecule has 1 aromatic heterocycles. The van der Waals surface area contributed by atoms with E-state index in [9.17, 15) is 4.79 Å². The minimum Gasteiger partial charge on any atom is -0.453 e. The molecule has 0 amide bonds. The first-order valence-corrected chi connectivity index (χ1v) is 9.13. The van der Waals surface area contributed by atoms with Gasteiger partial charge in [-0.1, -0.05) is 12.1 Å². The Morgan fingerprint density at radius 1 is 1.30 bits per heavy atom. The fourth-order valence-corrected chi connectivity index (χ4v) is 3.28. The highest BCUT2D eigenvalue weighted by Gasteiger charge is 2.44. The van der Waals surface area contributed by atoms with Gasteiger partial charge in [0.2, 0.25) is 0 Å². The monoisotopic (exact) mass is 486 g/mol. The second-order valence-corrected chi connectivity index (χ2v) is 7.92. The zero-order valence-corrected chi connectivity index (χ0v) is 16.5. The minimum atomic E-state index is -0.608. The molecule has 0 spiro atoms. The van der Waals surface area contributed by atoms with Gasteiger partial charge in [-0.3, -0.25) is 0 Å². The van der Waals surface area contributed by atoms with E-state index < -0.39 is 11.6 Å². The Kier molecular flexibility index (Phi) is 4.64. The molecule has 4 nitrogen and oxygen atoms in total. The molecule has 1 aliphatic rings. The molecule has 0 aliphatic carbocycles. The number of aryl methyl sites for hydroxylation is 1. The SMILES string of the molecule is Cc1nc(NC2CC(C)(c3ccc(I)cc3)OC2=O)ccc1Br. The predicted octanol–water partition coefficient (Wildman–Crippen LogP) is 4.40. The molecule has 0 bridgehead atoms. The Morgan fingerprint density at radius 2 is 2.00 bits per heavy atom. The summed E-state index contributed by atoms with van der Waals surface area (Å²) in [5, 5.41) is 3.19. The van der Waals surface area contributed by atoms with Crippen LogP contribution in [0.1, 0.15) is 24.6 Å². The lowest BCUT2D eigenvalue weighted by Gasteiger charge is -2.23. The molecule has 6 heteroatoms. The summed E-state index contributed by atoms with van der Waals surface area (Å²) in [5.41, 5.74) is 1.28. The van der Waals surface area contributed by atoms with E-state index in [4.69, 9.17) is 4.74 Å². The molecule has 120 valence electrons. The maximum Gasteiger partial charge on any atom is 0.329 e. The van der Waals surface area contributed by atoms with Crippen molar-refractivity contribution in [3.05, 3.63) is 55.7 Å². The van der Waals surface area contributed by atoms with Crippen molar-refractivity contribution in [1.29, 1.82) is 0 Å². The maximum atomic E-state index is 12.3. The van der Waals surface area contributed by atoms with Crippen molar-refractivity contribution < 1.29 is 9.53 Å². The summed E-state index contributed by atoms with van der Waals surface area (Å²) in [6, 6.07) is 11.4. The number of benzene rings is 1. The number of pyridine rings is 1. The van der Waals surface area contributed by atoms with Crippen molar-refractivity contribution in [3.63, 3.8) is 0 Å². The number of carbonyl (C=O) groups is 1. The van der Waals surface area contributed by atoms with Crippen LogP contribution in [0.4, 0.5) is 5.82 Å². The first-order valence-electron chi connectivity index (χ1n) is 7.26. The molecule has 2 aromatic rings. The van der Waals surface area contributed by atoms with Crippen LogP contribution < -0.4 is 5.32 Å². The highest BCUT2D eigenvalue weighted by atomic mass is 127.